The second-order valence-corrected chi connectivity index (χ2v) is 5.46. The Hall–Kier alpha value is -2.01. The van der Waals surface area contributed by atoms with Gasteiger partial charge < -0.3 is 15.8 Å². The van der Waals surface area contributed by atoms with Crippen LogP contribution in [0.5, 0.6) is 5.75 Å². The quantitative estimate of drug-likeness (QED) is 0.821. The van der Waals surface area contributed by atoms with Gasteiger partial charge in [0.2, 0.25) is 0 Å². The number of halogens is 1. The first-order valence-corrected chi connectivity index (χ1v) is 7.40. The predicted molar refractivity (Wildman–Crippen MR) is 88.9 cm³/mol. The van der Waals surface area contributed by atoms with Gasteiger partial charge in [-0.15, -0.1) is 0 Å². The normalized spacial score (nSPS) is 10.2. The van der Waals surface area contributed by atoms with Crippen LogP contribution >= 0.6 is 15.9 Å². The highest BCUT2D eigenvalue weighted by molar-refractivity contribution is 9.10. The molecule has 0 aliphatic rings. The highest BCUT2D eigenvalue weighted by Crippen LogP contribution is 2.27. The van der Waals surface area contributed by atoms with Crippen LogP contribution in [0.3, 0.4) is 0 Å². The van der Waals surface area contributed by atoms with Crippen LogP contribution in [0.2, 0.25) is 0 Å². The van der Waals surface area contributed by atoms with Gasteiger partial charge in [0.25, 0.3) is 5.91 Å². The number of anilines is 2. The molecular weight excluding hydrogens is 332 g/mol. The van der Waals surface area contributed by atoms with Gasteiger partial charge in [-0.2, -0.15) is 0 Å². The average molecular weight is 349 g/mol. The number of carbonyl (C=O) groups is 1. The molecule has 0 aliphatic carbocycles. The highest BCUT2D eigenvalue weighted by atomic mass is 79.9. The number of carbonyl (C=O) groups excluding carboxylic acids is 1. The molecule has 2 rings (SSSR count). The number of rotatable bonds is 4. The first-order valence-electron chi connectivity index (χ1n) is 6.61. The van der Waals surface area contributed by atoms with Crippen LogP contribution in [0.15, 0.2) is 40.9 Å². The Morgan fingerprint density at radius 2 is 2.05 bits per heavy atom. The topological polar surface area (TPSA) is 64.3 Å². The Morgan fingerprint density at radius 1 is 1.29 bits per heavy atom. The molecule has 0 atom stereocenters. The van der Waals surface area contributed by atoms with Crippen LogP contribution in [-0.4, -0.2) is 12.5 Å². The lowest BCUT2D eigenvalue weighted by Gasteiger charge is -2.11. The molecule has 0 heterocycles. The molecule has 0 spiro atoms. The summed E-state index contributed by atoms with van der Waals surface area (Å²) in [6.07, 6.45) is 0. The molecule has 0 saturated heterocycles. The summed E-state index contributed by atoms with van der Waals surface area (Å²) in [4.78, 5) is 12.3. The minimum atomic E-state index is -0.188. The third-order valence-electron chi connectivity index (χ3n) is 3.00. The summed E-state index contributed by atoms with van der Waals surface area (Å²) in [5, 5.41) is 2.87. The largest absolute Gasteiger partial charge is 0.493 e. The number of benzene rings is 2. The summed E-state index contributed by atoms with van der Waals surface area (Å²) >= 11 is 3.40. The van der Waals surface area contributed by atoms with Crippen LogP contribution < -0.4 is 15.8 Å². The van der Waals surface area contributed by atoms with Crippen molar-refractivity contribution < 1.29 is 9.53 Å². The highest BCUT2D eigenvalue weighted by Gasteiger charge is 2.10. The maximum atomic E-state index is 12.3. The van der Waals surface area contributed by atoms with Gasteiger partial charge in [-0.25, -0.2) is 0 Å². The lowest BCUT2D eigenvalue weighted by atomic mass is 10.1. The van der Waals surface area contributed by atoms with Crippen molar-refractivity contribution in [1.29, 1.82) is 0 Å². The summed E-state index contributed by atoms with van der Waals surface area (Å²) in [5.41, 5.74) is 8.58. The van der Waals surface area contributed by atoms with E-state index < -0.39 is 0 Å². The zero-order valence-corrected chi connectivity index (χ0v) is 13.5. The van der Waals surface area contributed by atoms with E-state index >= 15 is 0 Å². The van der Waals surface area contributed by atoms with Crippen LogP contribution in [0.1, 0.15) is 22.8 Å². The maximum absolute atomic E-state index is 12.3. The molecule has 0 saturated carbocycles. The molecule has 0 unspecified atom stereocenters. The number of nitrogens with one attached hydrogen (secondary N) is 1. The van der Waals surface area contributed by atoms with Crippen molar-refractivity contribution in [2.45, 2.75) is 13.8 Å². The average Bonchev–Trinajstić information content (AvgIpc) is 2.45. The molecule has 1 amide bonds. The number of nitrogen functional groups attached to an aromatic ring is 1. The fraction of sp³-hybridized carbons (Fsp3) is 0.188. The summed E-state index contributed by atoms with van der Waals surface area (Å²) in [6, 6.07) is 10.7. The van der Waals surface area contributed by atoms with Gasteiger partial charge in [-0.3, -0.25) is 4.79 Å². The second kappa shape index (κ2) is 6.63. The molecule has 21 heavy (non-hydrogen) atoms. The van der Waals surface area contributed by atoms with E-state index in [2.05, 4.69) is 21.2 Å². The van der Waals surface area contributed by atoms with E-state index in [0.29, 0.717) is 29.3 Å². The molecule has 4 nitrogen and oxygen atoms in total. The van der Waals surface area contributed by atoms with Crippen LogP contribution in [0, 0.1) is 6.92 Å². The molecule has 0 radical (unpaired) electrons. The molecule has 0 fully saturated rings. The molecule has 2 aromatic carbocycles. The lowest BCUT2D eigenvalue weighted by Crippen LogP contribution is -2.13. The zero-order chi connectivity index (χ0) is 15.4. The summed E-state index contributed by atoms with van der Waals surface area (Å²) in [6.45, 7) is 4.41. The minimum absolute atomic E-state index is 0.188. The van der Waals surface area contributed by atoms with Crippen molar-refractivity contribution in [2.24, 2.45) is 0 Å². The first-order chi connectivity index (χ1) is 10.0. The van der Waals surface area contributed by atoms with Crippen LogP contribution in [0.25, 0.3) is 0 Å². The summed E-state index contributed by atoms with van der Waals surface area (Å²) in [7, 11) is 0. The molecule has 0 bridgehead atoms. The second-order valence-electron chi connectivity index (χ2n) is 4.61. The third kappa shape index (κ3) is 3.76. The SMILES string of the molecule is CCOc1ccc(C(=O)Nc2cc(N)ccc2C)cc1Br. The Balaban J connectivity index is 2.20. The minimum Gasteiger partial charge on any atom is -0.493 e. The summed E-state index contributed by atoms with van der Waals surface area (Å²) < 4.78 is 6.18. The number of amides is 1. The maximum Gasteiger partial charge on any atom is 0.255 e. The Labute approximate surface area is 132 Å². The zero-order valence-electron chi connectivity index (χ0n) is 11.9. The van der Waals surface area contributed by atoms with Gasteiger partial charge in [0.1, 0.15) is 5.75 Å². The van der Waals surface area contributed by atoms with Crippen molar-refractivity contribution >= 4 is 33.2 Å². The molecule has 110 valence electrons. The predicted octanol–water partition coefficient (Wildman–Crippen LogP) is 3.99. The smallest absolute Gasteiger partial charge is 0.255 e. The van der Waals surface area contributed by atoms with Crippen molar-refractivity contribution in [3.05, 3.63) is 52.0 Å². The van der Waals surface area contributed by atoms with Gasteiger partial charge in [0.05, 0.1) is 11.1 Å². The van der Waals surface area contributed by atoms with E-state index in [4.69, 9.17) is 10.5 Å². The Bertz CT molecular complexity index is 671. The van der Waals surface area contributed by atoms with Crippen molar-refractivity contribution in [2.75, 3.05) is 17.7 Å². The number of hydrogen-bond acceptors (Lipinski definition) is 3. The fourth-order valence-electron chi connectivity index (χ4n) is 1.88. The van der Waals surface area contributed by atoms with Crippen LogP contribution in [0.4, 0.5) is 11.4 Å². The van der Waals surface area contributed by atoms with E-state index in [1.807, 2.05) is 19.9 Å². The molecular formula is C16H17BrN2O2. The van der Waals surface area contributed by atoms with Gasteiger partial charge in [-0.05, 0) is 65.7 Å². The van der Waals surface area contributed by atoms with Gasteiger partial charge >= 0.3 is 0 Å². The first kappa shape index (κ1) is 15.4. The number of hydrogen-bond donors (Lipinski definition) is 2. The van der Waals surface area contributed by atoms with E-state index in [0.717, 1.165) is 10.0 Å². The van der Waals surface area contributed by atoms with E-state index in [1.54, 1.807) is 30.3 Å². The number of aryl methyl sites for hydroxylation is 1. The third-order valence-corrected chi connectivity index (χ3v) is 3.62. The Morgan fingerprint density at radius 3 is 2.71 bits per heavy atom. The molecule has 3 N–H and O–H groups in total. The monoisotopic (exact) mass is 348 g/mol. The molecule has 5 heteroatoms. The molecule has 0 aliphatic heterocycles. The van der Waals surface area contributed by atoms with Crippen molar-refractivity contribution in [1.82, 2.24) is 0 Å². The van der Waals surface area contributed by atoms with Crippen LogP contribution in [-0.2, 0) is 0 Å². The fourth-order valence-corrected chi connectivity index (χ4v) is 2.38. The lowest BCUT2D eigenvalue weighted by molar-refractivity contribution is 0.102. The van der Waals surface area contributed by atoms with Gasteiger partial charge in [0, 0.05) is 16.9 Å². The van der Waals surface area contributed by atoms with E-state index in [9.17, 15) is 4.79 Å². The van der Waals surface area contributed by atoms with Crippen molar-refractivity contribution in [3.8, 4) is 5.75 Å². The van der Waals surface area contributed by atoms with E-state index in [1.165, 1.54) is 0 Å². The standard InChI is InChI=1S/C16H17BrN2O2/c1-3-21-15-7-5-11(8-13(15)17)16(20)19-14-9-12(18)6-4-10(14)2/h4-9H,3,18H2,1-2H3,(H,19,20). The summed E-state index contributed by atoms with van der Waals surface area (Å²) in [5.74, 6) is 0.529. The molecule has 2 aromatic rings. The van der Waals surface area contributed by atoms with Crippen molar-refractivity contribution in [3.63, 3.8) is 0 Å². The number of ether oxygens (including phenoxy) is 1. The number of nitrogens with two attached hydrogens (primary N) is 1. The van der Waals surface area contributed by atoms with Gasteiger partial charge in [-0.1, -0.05) is 6.07 Å². The van der Waals surface area contributed by atoms with E-state index in [-0.39, 0.29) is 5.91 Å². The Kier molecular flexibility index (Phi) is 4.85. The molecule has 0 aromatic heterocycles. The van der Waals surface area contributed by atoms with Gasteiger partial charge in [0.15, 0.2) is 0 Å².